The van der Waals surface area contributed by atoms with Crippen LogP contribution in [0.1, 0.15) is 30.9 Å². The van der Waals surface area contributed by atoms with E-state index in [2.05, 4.69) is 20.4 Å². The quantitative estimate of drug-likeness (QED) is 0.702. The number of methoxy groups -OCH3 is 1. The molecule has 78 valence electrons. The summed E-state index contributed by atoms with van der Waals surface area (Å²) in [6.07, 6.45) is 0. The standard InChI is InChI=1S/C13H15NO/c1-9(2)12-7-11(10(3)8-14)5-6-13(12)15-4/h5-7,9H,3H2,1-2,4H3. The number of nitriles is 1. The van der Waals surface area contributed by atoms with Crippen LogP contribution in [-0.2, 0) is 0 Å². The van der Waals surface area contributed by atoms with E-state index in [0.717, 1.165) is 16.9 Å². The fraction of sp³-hybridized carbons (Fsp3) is 0.308. The largest absolute Gasteiger partial charge is 0.496 e. The highest BCUT2D eigenvalue weighted by Crippen LogP contribution is 2.29. The summed E-state index contributed by atoms with van der Waals surface area (Å²) >= 11 is 0. The number of allylic oxidation sites excluding steroid dienone is 1. The molecule has 0 heterocycles. The molecule has 0 saturated carbocycles. The first-order valence-corrected chi connectivity index (χ1v) is 4.87. The molecule has 0 saturated heterocycles. The summed E-state index contributed by atoms with van der Waals surface area (Å²) in [6.45, 7) is 7.89. The van der Waals surface area contributed by atoms with Gasteiger partial charge in [0.15, 0.2) is 0 Å². The van der Waals surface area contributed by atoms with Crippen molar-refractivity contribution in [2.45, 2.75) is 19.8 Å². The Balaban J connectivity index is 3.23. The van der Waals surface area contributed by atoms with E-state index in [-0.39, 0.29) is 0 Å². The molecular formula is C13H15NO. The maximum absolute atomic E-state index is 8.76. The zero-order chi connectivity index (χ0) is 11.4. The van der Waals surface area contributed by atoms with Crippen LogP contribution in [0.3, 0.4) is 0 Å². The molecule has 2 nitrogen and oxygen atoms in total. The highest BCUT2D eigenvalue weighted by Gasteiger charge is 2.09. The van der Waals surface area contributed by atoms with Crippen molar-refractivity contribution < 1.29 is 4.74 Å². The van der Waals surface area contributed by atoms with Crippen LogP contribution in [0.2, 0.25) is 0 Å². The average molecular weight is 201 g/mol. The Bertz CT molecular complexity index is 413. The van der Waals surface area contributed by atoms with Crippen LogP contribution in [0.5, 0.6) is 5.75 Å². The van der Waals surface area contributed by atoms with Crippen molar-refractivity contribution in [3.63, 3.8) is 0 Å². The minimum atomic E-state index is 0.367. The van der Waals surface area contributed by atoms with Crippen LogP contribution in [0.4, 0.5) is 0 Å². The Hall–Kier alpha value is -1.75. The minimum Gasteiger partial charge on any atom is -0.496 e. The van der Waals surface area contributed by atoms with Crippen molar-refractivity contribution in [1.82, 2.24) is 0 Å². The fourth-order valence-electron chi connectivity index (χ4n) is 1.44. The van der Waals surface area contributed by atoms with Crippen LogP contribution in [0, 0.1) is 11.3 Å². The molecule has 0 atom stereocenters. The minimum absolute atomic E-state index is 0.367. The SMILES string of the molecule is C=C(C#N)c1ccc(OC)c(C(C)C)c1. The molecule has 1 rings (SSSR count). The molecular weight excluding hydrogens is 186 g/mol. The number of nitrogens with zero attached hydrogens (tertiary/aromatic N) is 1. The third kappa shape index (κ3) is 2.38. The summed E-state index contributed by atoms with van der Waals surface area (Å²) in [7, 11) is 1.65. The molecule has 0 aromatic heterocycles. The predicted octanol–water partition coefficient (Wildman–Crippen LogP) is 3.36. The number of ether oxygens (including phenoxy) is 1. The first-order valence-electron chi connectivity index (χ1n) is 4.87. The number of rotatable bonds is 3. The van der Waals surface area contributed by atoms with E-state index < -0.39 is 0 Å². The molecule has 2 heteroatoms. The van der Waals surface area contributed by atoms with Crippen LogP contribution in [0.25, 0.3) is 5.57 Å². The lowest BCUT2D eigenvalue weighted by Crippen LogP contribution is -1.95. The van der Waals surface area contributed by atoms with Crippen molar-refractivity contribution >= 4 is 5.57 Å². The maximum Gasteiger partial charge on any atom is 0.122 e. The van der Waals surface area contributed by atoms with Crippen LogP contribution < -0.4 is 4.74 Å². The normalized spacial score (nSPS) is 9.80. The molecule has 0 spiro atoms. The van der Waals surface area contributed by atoms with Crippen molar-refractivity contribution in [1.29, 1.82) is 5.26 Å². The Morgan fingerprint density at radius 1 is 1.47 bits per heavy atom. The molecule has 15 heavy (non-hydrogen) atoms. The van der Waals surface area contributed by atoms with Gasteiger partial charge in [-0.25, -0.2) is 0 Å². The second kappa shape index (κ2) is 4.65. The van der Waals surface area contributed by atoms with E-state index in [1.54, 1.807) is 7.11 Å². The Morgan fingerprint density at radius 2 is 2.13 bits per heavy atom. The molecule has 0 aliphatic heterocycles. The Morgan fingerprint density at radius 3 is 2.60 bits per heavy atom. The molecule has 0 unspecified atom stereocenters. The number of hydrogen-bond acceptors (Lipinski definition) is 2. The molecule has 1 aromatic rings. The van der Waals surface area contributed by atoms with Crippen LogP contribution in [-0.4, -0.2) is 7.11 Å². The summed E-state index contributed by atoms with van der Waals surface area (Å²) < 4.78 is 5.26. The van der Waals surface area contributed by atoms with E-state index in [1.807, 2.05) is 24.3 Å². The maximum atomic E-state index is 8.76. The van der Waals surface area contributed by atoms with Gasteiger partial charge in [-0.1, -0.05) is 20.4 Å². The van der Waals surface area contributed by atoms with Crippen LogP contribution in [0.15, 0.2) is 24.8 Å². The molecule has 0 aliphatic rings. The first kappa shape index (κ1) is 11.3. The average Bonchev–Trinajstić information content (AvgIpc) is 2.27. The van der Waals surface area contributed by atoms with Crippen molar-refractivity contribution in [3.8, 4) is 11.8 Å². The van der Waals surface area contributed by atoms with Gasteiger partial charge in [0, 0.05) is 0 Å². The smallest absolute Gasteiger partial charge is 0.122 e. The monoisotopic (exact) mass is 201 g/mol. The molecule has 0 amide bonds. The van der Waals surface area contributed by atoms with E-state index >= 15 is 0 Å². The van der Waals surface area contributed by atoms with Gasteiger partial charge in [-0.05, 0) is 35.2 Å². The van der Waals surface area contributed by atoms with Gasteiger partial charge in [-0.2, -0.15) is 5.26 Å². The third-order valence-electron chi connectivity index (χ3n) is 2.34. The van der Waals surface area contributed by atoms with Gasteiger partial charge in [0.05, 0.1) is 18.8 Å². The summed E-state index contributed by atoms with van der Waals surface area (Å²) in [5.41, 5.74) is 2.45. The van der Waals surface area contributed by atoms with Gasteiger partial charge in [0.1, 0.15) is 5.75 Å². The molecule has 0 radical (unpaired) electrons. The lowest BCUT2D eigenvalue weighted by molar-refractivity contribution is 0.407. The topological polar surface area (TPSA) is 33.0 Å². The molecule has 1 aromatic carbocycles. The number of hydrogen-bond donors (Lipinski definition) is 0. The van der Waals surface area contributed by atoms with Crippen LogP contribution >= 0.6 is 0 Å². The first-order chi connectivity index (χ1) is 7.10. The summed E-state index contributed by atoms with van der Waals surface area (Å²) in [6, 6.07) is 7.76. The van der Waals surface area contributed by atoms with E-state index in [4.69, 9.17) is 10.00 Å². The van der Waals surface area contributed by atoms with Gasteiger partial charge in [0.2, 0.25) is 0 Å². The van der Waals surface area contributed by atoms with E-state index in [0.29, 0.717) is 11.5 Å². The highest BCUT2D eigenvalue weighted by atomic mass is 16.5. The van der Waals surface area contributed by atoms with E-state index in [9.17, 15) is 0 Å². The summed E-state index contributed by atoms with van der Waals surface area (Å²) in [4.78, 5) is 0. The number of benzene rings is 1. The van der Waals surface area contributed by atoms with Crippen molar-refractivity contribution in [2.24, 2.45) is 0 Å². The third-order valence-corrected chi connectivity index (χ3v) is 2.34. The van der Waals surface area contributed by atoms with Gasteiger partial charge in [-0.15, -0.1) is 0 Å². The predicted molar refractivity (Wildman–Crippen MR) is 61.7 cm³/mol. The molecule has 0 N–H and O–H groups in total. The zero-order valence-electron chi connectivity index (χ0n) is 9.37. The van der Waals surface area contributed by atoms with Gasteiger partial charge >= 0.3 is 0 Å². The molecule has 0 fully saturated rings. The lowest BCUT2D eigenvalue weighted by atomic mass is 9.97. The highest BCUT2D eigenvalue weighted by molar-refractivity contribution is 5.75. The molecule has 0 bridgehead atoms. The van der Waals surface area contributed by atoms with Crippen molar-refractivity contribution in [3.05, 3.63) is 35.9 Å². The van der Waals surface area contributed by atoms with Gasteiger partial charge in [-0.3, -0.25) is 0 Å². The summed E-state index contributed by atoms with van der Waals surface area (Å²) in [5.74, 6) is 1.23. The van der Waals surface area contributed by atoms with Gasteiger partial charge < -0.3 is 4.74 Å². The van der Waals surface area contributed by atoms with Gasteiger partial charge in [0.25, 0.3) is 0 Å². The second-order valence-corrected chi connectivity index (χ2v) is 3.70. The zero-order valence-corrected chi connectivity index (χ0v) is 9.37. The summed E-state index contributed by atoms with van der Waals surface area (Å²) in [5, 5.41) is 8.76. The fourth-order valence-corrected chi connectivity index (χ4v) is 1.44. The van der Waals surface area contributed by atoms with Crippen molar-refractivity contribution in [2.75, 3.05) is 7.11 Å². The Labute approximate surface area is 90.8 Å². The molecule has 0 aliphatic carbocycles. The lowest BCUT2D eigenvalue weighted by Gasteiger charge is -2.12. The Kier molecular flexibility index (Phi) is 3.51. The van der Waals surface area contributed by atoms with E-state index in [1.165, 1.54) is 0 Å². The second-order valence-electron chi connectivity index (χ2n) is 3.70.